The number of fused-ring (bicyclic) bond motifs is 1. The van der Waals surface area contributed by atoms with Gasteiger partial charge in [-0.1, -0.05) is 12.1 Å². The van der Waals surface area contributed by atoms with Crippen molar-refractivity contribution in [1.29, 1.82) is 0 Å². The van der Waals surface area contributed by atoms with E-state index in [1.165, 1.54) is 18.4 Å². The summed E-state index contributed by atoms with van der Waals surface area (Å²) in [6, 6.07) is 8.67. The number of benzene rings is 1. The Labute approximate surface area is 158 Å². The highest BCUT2D eigenvalue weighted by atomic mass is 16.5. The summed E-state index contributed by atoms with van der Waals surface area (Å²) in [6.45, 7) is -1.30. The number of imide groups is 2. The number of carbonyl (C=O) groups excluding carboxylic acids is 5. The molecule has 0 bridgehead atoms. The number of furan rings is 1. The number of urea groups is 1. The fourth-order valence-corrected chi connectivity index (χ4v) is 2.49. The molecule has 1 aliphatic heterocycles. The lowest BCUT2D eigenvalue weighted by Gasteiger charge is -2.13. The van der Waals surface area contributed by atoms with Crippen LogP contribution in [0.15, 0.2) is 47.1 Å². The Morgan fingerprint density at radius 1 is 1.00 bits per heavy atom. The van der Waals surface area contributed by atoms with Crippen molar-refractivity contribution < 1.29 is 33.1 Å². The Morgan fingerprint density at radius 3 is 2.29 bits per heavy atom. The molecule has 0 atom stereocenters. The average Bonchev–Trinajstić information content (AvgIpc) is 3.28. The van der Waals surface area contributed by atoms with Gasteiger partial charge in [0.2, 0.25) is 0 Å². The molecule has 144 valence electrons. The number of hydrogen-bond acceptors (Lipinski definition) is 7. The number of carbonyl (C=O) groups is 5. The van der Waals surface area contributed by atoms with Gasteiger partial charge in [0.15, 0.2) is 6.61 Å². The quantitative estimate of drug-likeness (QED) is 0.544. The van der Waals surface area contributed by atoms with Crippen LogP contribution in [0.25, 0.3) is 0 Å². The van der Waals surface area contributed by atoms with Crippen LogP contribution in [-0.4, -0.2) is 47.8 Å². The fraction of sp³-hybridized carbons (Fsp3) is 0.167. The topological polar surface area (TPSA) is 135 Å². The summed E-state index contributed by atoms with van der Waals surface area (Å²) >= 11 is 0. The zero-order valence-electron chi connectivity index (χ0n) is 14.5. The van der Waals surface area contributed by atoms with Gasteiger partial charge in [0.05, 0.1) is 23.9 Å². The lowest BCUT2D eigenvalue weighted by Crippen LogP contribution is -2.42. The van der Waals surface area contributed by atoms with Gasteiger partial charge in [-0.2, -0.15) is 0 Å². The molecule has 3 rings (SSSR count). The standard InChI is InChI=1S/C18H15N3O7/c22-14(20-18(26)19-8-11-4-3-7-27-11)10-28-15(23)9-21-16(24)12-5-1-2-6-13(12)17(21)25/h1-7H,8-10H2,(H2,19,20,22,26). The van der Waals surface area contributed by atoms with E-state index in [0.29, 0.717) is 5.76 Å². The molecule has 0 saturated carbocycles. The third-order valence-electron chi connectivity index (χ3n) is 3.79. The van der Waals surface area contributed by atoms with Crippen molar-refractivity contribution in [2.45, 2.75) is 6.54 Å². The maximum atomic E-state index is 12.2. The first-order valence-corrected chi connectivity index (χ1v) is 8.16. The highest BCUT2D eigenvalue weighted by molar-refractivity contribution is 6.22. The molecule has 2 heterocycles. The first kappa shape index (κ1) is 18.8. The van der Waals surface area contributed by atoms with Crippen LogP contribution in [0, 0.1) is 0 Å². The maximum Gasteiger partial charge on any atom is 0.326 e. The largest absolute Gasteiger partial charge is 0.467 e. The maximum absolute atomic E-state index is 12.2. The minimum Gasteiger partial charge on any atom is -0.467 e. The summed E-state index contributed by atoms with van der Waals surface area (Å²) in [4.78, 5) is 60.1. The van der Waals surface area contributed by atoms with E-state index in [1.807, 2.05) is 5.32 Å². The Balaban J connectivity index is 1.42. The third-order valence-corrected chi connectivity index (χ3v) is 3.79. The highest BCUT2D eigenvalue weighted by Gasteiger charge is 2.36. The van der Waals surface area contributed by atoms with Crippen LogP contribution >= 0.6 is 0 Å². The molecule has 10 nitrogen and oxygen atoms in total. The van der Waals surface area contributed by atoms with Crippen LogP contribution in [0.5, 0.6) is 0 Å². The lowest BCUT2D eigenvalue weighted by molar-refractivity contribution is -0.148. The van der Waals surface area contributed by atoms with Gasteiger partial charge in [-0.05, 0) is 24.3 Å². The highest BCUT2D eigenvalue weighted by Crippen LogP contribution is 2.21. The van der Waals surface area contributed by atoms with Gasteiger partial charge in [0.1, 0.15) is 12.3 Å². The number of esters is 1. The van der Waals surface area contributed by atoms with Crippen LogP contribution in [0.4, 0.5) is 4.79 Å². The smallest absolute Gasteiger partial charge is 0.326 e. The predicted octanol–water partition coefficient (Wildman–Crippen LogP) is 0.445. The molecule has 0 saturated heterocycles. The normalized spacial score (nSPS) is 12.5. The van der Waals surface area contributed by atoms with Crippen molar-refractivity contribution >= 4 is 29.7 Å². The minimum absolute atomic E-state index is 0.0750. The molecule has 0 spiro atoms. The van der Waals surface area contributed by atoms with Gasteiger partial charge in [-0.3, -0.25) is 29.4 Å². The third kappa shape index (κ3) is 4.23. The van der Waals surface area contributed by atoms with Crippen LogP contribution in [0.1, 0.15) is 26.5 Å². The van der Waals surface area contributed by atoms with E-state index in [2.05, 4.69) is 5.32 Å². The number of ether oxygens (including phenoxy) is 1. The minimum atomic E-state index is -0.958. The van der Waals surface area contributed by atoms with E-state index >= 15 is 0 Å². The fourth-order valence-electron chi connectivity index (χ4n) is 2.49. The molecule has 1 aliphatic rings. The number of nitrogens with one attached hydrogen (secondary N) is 2. The van der Waals surface area contributed by atoms with Crippen LogP contribution in [0.2, 0.25) is 0 Å². The molecule has 2 aromatic rings. The molecule has 1 aromatic carbocycles. The van der Waals surface area contributed by atoms with Crippen molar-refractivity contribution in [2.75, 3.05) is 13.2 Å². The Morgan fingerprint density at radius 2 is 1.68 bits per heavy atom. The van der Waals surface area contributed by atoms with Crippen LogP contribution in [-0.2, 0) is 20.9 Å². The Kier molecular flexibility index (Phi) is 5.49. The first-order valence-electron chi connectivity index (χ1n) is 8.16. The van der Waals surface area contributed by atoms with E-state index in [4.69, 9.17) is 9.15 Å². The molecule has 5 amide bonds. The van der Waals surface area contributed by atoms with Gasteiger partial charge in [0.25, 0.3) is 17.7 Å². The molecule has 1 aromatic heterocycles. The van der Waals surface area contributed by atoms with Gasteiger partial charge in [-0.15, -0.1) is 0 Å². The van der Waals surface area contributed by atoms with Gasteiger partial charge < -0.3 is 14.5 Å². The molecule has 0 fully saturated rings. The van der Waals surface area contributed by atoms with Crippen molar-refractivity contribution in [3.8, 4) is 0 Å². The van der Waals surface area contributed by atoms with E-state index in [-0.39, 0.29) is 17.7 Å². The summed E-state index contributed by atoms with van der Waals surface area (Å²) < 4.78 is 9.73. The Bertz CT molecular complexity index is 901. The number of hydrogen-bond donors (Lipinski definition) is 2. The van der Waals surface area contributed by atoms with E-state index < -0.39 is 42.9 Å². The molecule has 0 radical (unpaired) electrons. The van der Waals surface area contributed by atoms with Crippen LogP contribution < -0.4 is 10.6 Å². The zero-order valence-corrected chi connectivity index (χ0v) is 14.5. The van der Waals surface area contributed by atoms with Crippen LogP contribution in [0.3, 0.4) is 0 Å². The summed E-state index contributed by atoms with van der Waals surface area (Å²) in [7, 11) is 0. The molecule has 2 N–H and O–H groups in total. The van der Waals surface area contributed by atoms with Gasteiger partial charge in [0, 0.05) is 0 Å². The van der Waals surface area contributed by atoms with Crippen molar-refractivity contribution in [3.63, 3.8) is 0 Å². The van der Waals surface area contributed by atoms with E-state index in [0.717, 1.165) is 4.90 Å². The van der Waals surface area contributed by atoms with Crippen molar-refractivity contribution in [3.05, 3.63) is 59.5 Å². The van der Waals surface area contributed by atoms with E-state index in [9.17, 15) is 24.0 Å². The van der Waals surface area contributed by atoms with Crippen molar-refractivity contribution in [2.24, 2.45) is 0 Å². The summed E-state index contributed by atoms with van der Waals surface area (Å²) in [5.74, 6) is -2.55. The van der Waals surface area contributed by atoms with Gasteiger partial charge in [-0.25, -0.2) is 4.79 Å². The molecular weight excluding hydrogens is 370 g/mol. The van der Waals surface area contributed by atoms with E-state index in [1.54, 1.807) is 24.3 Å². The zero-order chi connectivity index (χ0) is 20.1. The molecule has 0 unspecified atom stereocenters. The second kappa shape index (κ2) is 8.16. The average molecular weight is 385 g/mol. The van der Waals surface area contributed by atoms with Crippen molar-refractivity contribution in [1.82, 2.24) is 15.5 Å². The molecule has 0 aliphatic carbocycles. The summed E-state index contributed by atoms with van der Waals surface area (Å²) in [6.07, 6.45) is 1.44. The summed E-state index contributed by atoms with van der Waals surface area (Å²) in [5.41, 5.74) is 0.401. The molecular formula is C18H15N3O7. The van der Waals surface area contributed by atoms with Gasteiger partial charge >= 0.3 is 12.0 Å². The number of amides is 5. The molecule has 28 heavy (non-hydrogen) atoms. The predicted molar refractivity (Wildman–Crippen MR) is 91.9 cm³/mol. The lowest BCUT2D eigenvalue weighted by atomic mass is 10.1. The summed E-state index contributed by atoms with van der Waals surface area (Å²) in [5, 5.41) is 4.35. The molecule has 10 heteroatoms. The number of rotatable bonds is 6. The second-order valence-corrected chi connectivity index (χ2v) is 5.71. The number of nitrogens with zero attached hydrogens (tertiary/aromatic N) is 1. The first-order chi connectivity index (χ1) is 13.5. The SMILES string of the molecule is O=C(COC(=O)CN1C(=O)c2ccccc2C1=O)NC(=O)NCc1ccco1. The Hall–Kier alpha value is -3.95. The monoisotopic (exact) mass is 385 g/mol. The second-order valence-electron chi connectivity index (χ2n) is 5.71.